The molecule has 0 saturated heterocycles. The summed E-state index contributed by atoms with van der Waals surface area (Å²) in [6.07, 6.45) is -0.413. The second-order valence-electron chi connectivity index (χ2n) is 9.09. The fourth-order valence-corrected chi connectivity index (χ4v) is 4.62. The van der Waals surface area contributed by atoms with Crippen LogP contribution in [0.3, 0.4) is 0 Å². The Balaban J connectivity index is 1.51. The van der Waals surface area contributed by atoms with E-state index >= 15 is 0 Å². The molecule has 1 aromatic heterocycles. The van der Waals surface area contributed by atoms with Crippen LogP contribution < -0.4 is 10.1 Å². The highest BCUT2D eigenvalue weighted by Crippen LogP contribution is 2.29. The molecule has 4 rings (SSSR count). The van der Waals surface area contributed by atoms with Crippen LogP contribution in [-0.2, 0) is 4.79 Å². The Bertz CT molecular complexity index is 1420. The van der Waals surface area contributed by atoms with E-state index in [1.165, 1.54) is 23.4 Å². The van der Waals surface area contributed by atoms with Gasteiger partial charge in [0.1, 0.15) is 5.75 Å². The van der Waals surface area contributed by atoms with Gasteiger partial charge in [0.15, 0.2) is 17.1 Å². The van der Waals surface area contributed by atoms with Crippen molar-refractivity contribution in [3.8, 4) is 11.4 Å². The molecule has 10 heteroatoms. The summed E-state index contributed by atoms with van der Waals surface area (Å²) in [5.74, 6) is 1.48. The third-order valence-corrected chi connectivity index (χ3v) is 6.85. The number of carbonyl (C=O) groups is 1. The average molecular weight is 532 g/mol. The molecule has 1 atom stereocenters. The van der Waals surface area contributed by atoms with Crippen LogP contribution in [0.5, 0.6) is 5.75 Å². The van der Waals surface area contributed by atoms with Crippen LogP contribution >= 0.6 is 11.8 Å². The maximum absolute atomic E-state index is 12.7. The number of nitro groups is 1. The summed E-state index contributed by atoms with van der Waals surface area (Å²) in [4.78, 5) is 23.4. The van der Waals surface area contributed by atoms with Gasteiger partial charge in [-0.1, -0.05) is 62.0 Å². The number of ether oxygens (including phenoxy) is 1. The Morgan fingerprint density at radius 3 is 2.42 bits per heavy atom. The van der Waals surface area contributed by atoms with Gasteiger partial charge in [0, 0.05) is 23.0 Å². The van der Waals surface area contributed by atoms with Crippen LogP contribution in [0.1, 0.15) is 49.7 Å². The number of nitrogens with one attached hydrogen (secondary N) is 1. The van der Waals surface area contributed by atoms with Gasteiger partial charge in [0.05, 0.1) is 10.7 Å². The third kappa shape index (κ3) is 6.38. The fraction of sp³-hybridized carbons (Fsp3) is 0.250. The number of aromatic nitrogens is 3. The lowest BCUT2D eigenvalue weighted by Gasteiger charge is -2.17. The summed E-state index contributed by atoms with van der Waals surface area (Å²) in [5, 5.41) is 23.2. The van der Waals surface area contributed by atoms with E-state index < -0.39 is 11.0 Å². The molecule has 0 aliphatic heterocycles. The van der Waals surface area contributed by atoms with E-state index in [4.69, 9.17) is 4.74 Å². The zero-order valence-corrected chi connectivity index (χ0v) is 22.4. The zero-order valence-electron chi connectivity index (χ0n) is 21.6. The van der Waals surface area contributed by atoms with Crippen LogP contribution in [0.2, 0.25) is 0 Å². The first-order chi connectivity index (χ1) is 18.2. The molecule has 1 heterocycles. The summed E-state index contributed by atoms with van der Waals surface area (Å²) in [6, 6.07) is 22.2. The molecule has 1 unspecified atom stereocenters. The number of hydrogen-bond acceptors (Lipinski definition) is 7. The largest absolute Gasteiger partial charge is 0.483 e. The molecule has 196 valence electrons. The van der Waals surface area contributed by atoms with Gasteiger partial charge >= 0.3 is 0 Å². The molecular formula is C28H29N5O4S. The minimum absolute atomic E-state index is 0.0402. The van der Waals surface area contributed by atoms with Gasteiger partial charge in [0.25, 0.3) is 5.69 Å². The van der Waals surface area contributed by atoms with Gasteiger partial charge in [-0.15, -0.1) is 10.2 Å². The van der Waals surface area contributed by atoms with Gasteiger partial charge in [-0.3, -0.25) is 19.5 Å². The lowest BCUT2D eigenvalue weighted by Crippen LogP contribution is -2.15. The van der Waals surface area contributed by atoms with Crippen LogP contribution in [0.4, 0.5) is 11.4 Å². The summed E-state index contributed by atoms with van der Waals surface area (Å²) < 4.78 is 8.07. The lowest BCUT2D eigenvalue weighted by molar-refractivity contribution is -0.385. The number of nitrogens with zero attached hydrogens (tertiary/aromatic N) is 4. The van der Waals surface area contributed by atoms with Crippen molar-refractivity contribution >= 4 is 29.0 Å². The van der Waals surface area contributed by atoms with Crippen molar-refractivity contribution in [3.63, 3.8) is 0 Å². The summed E-state index contributed by atoms with van der Waals surface area (Å²) in [7, 11) is 0. The average Bonchev–Trinajstić information content (AvgIpc) is 3.33. The van der Waals surface area contributed by atoms with Gasteiger partial charge < -0.3 is 10.1 Å². The van der Waals surface area contributed by atoms with E-state index in [2.05, 4.69) is 41.5 Å². The van der Waals surface area contributed by atoms with E-state index in [1.807, 2.05) is 54.0 Å². The molecule has 4 aromatic rings. The van der Waals surface area contributed by atoms with E-state index in [9.17, 15) is 14.9 Å². The van der Waals surface area contributed by atoms with E-state index in [-0.39, 0.29) is 17.3 Å². The SMILES string of the molecule is Cc1ccc(NC(=O)CSc2nnc(C(C)Oc3ccc(C(C)C)cc3)n2-c2ccccc2)cc1[N+](=O)[O-]. The molecule has 0 radical (unpaired) electrons. The summed E-state index contributed by atoms with van der Waals surface area (Å²) >= 11 is 1.22. The molecule has 1 amide bonds. The normalized spacial score (nSPS) is 11.8. The highest BCUT2D eigenvalue weighted by molar-refractivity contribution is 7.99. The Morgan fingerprint density at radius 2 is 1.76 bits per heavy atom. The molecule has 0 aliphatic carbocycles. The second-order valence-corrected chi connectivity index (χ2v) is 10.0. The number of anilines is 1. The predicted octanol–water partition coefficient (Wildman–Crippen LogP) is 6.48. The first-order valence-electron chi connectivity index (χ1n) is 12.2. The number of hydrogen-bond donors (Lipinski definition) is 1. The molecule has 1 N–H and O–H groups in total. The van der Waals surface area contributed by atoms with Crippen molar-refractivity contribution < 1.29 is 14.5 Å². The second kappa shape index (κ2) is 11.9. The van der Waals surface area contributed by atoms with E-state index in [1.54, 1.807) is 19.1 Å². The zero-order chi connectivity index (χ0) is 27.2. The number of carbonyl (C=O) groups excluding carboxylic acids is 1. The minimum atomic E-state index is -0.467. The van der Waals surface area contributed by atoms with Gasteiger partial charge in [0.2, 0.25) is 5.91 Å². The Hall–Kier alpha value is -4.18. The molecule has 38 heavy (non-hydrogen) atoms. The maximum Gasteiger partial charge on any atom is 0.274 e. The van der Waals surface area contributed by atoms with Crippen LogP contribution in [-0.4, -0.2) is 31.3 Å². The first-order valence-corrected chi connectivity index (χ1v) is 13.2. The number of nitro benzene ring substituents is 1. The fourth-order valence-electron chi connectivity index (χ4n) is 3.86. The predicted molar refractivity (Wildman–Crippen MR) is 148 cm³/mol. The van der Waals surface area contributed by atoms with Crippen molar-refractivity contribution in [1.29, 1.82) is 0 Å². The number of benzene rings is 3. The van der Waals surface area contributed by atoms with E-state index in [0.29, 0.717) is 28.1 Å². The standard InChI is InChI=1S/C28H29N5O4S/c1-18(2)21-11-14-24(15-12-21)37-20(4)27-30-31-28(32(27)23-8-6-5-7-9-23)38-17-26(34)29-22-13-10-19(3)25(16-22)33(35)36/h5-16,18,20H,17H2,1-4H3,(H,29,34). The summed E-state index contributed by atoms with van der Waals surface area (Å²) in [6.45, 7) is 7.85. The van der Waals surface area contributed by atoms with Crippen LogP contribution in [0.15, 0.2) is 78.0 Å². The molecule has 0 aliphatic rings. The van der Waals surface area contributed by atoms with Gasteiger partial charge in [-0.25, -0.2) is 0 Å². The minimum Gasteiger partial charge on any atom is -0.483 e. The van der Waals surface area contributed by atoms with Crippen molar-refractivity contribution in [1.82, 2.24) is 14.8 Å². The molecule has 3 aromatic carbocycles. The molecule has 0 fully saturated rings. The molecule has 0 spiro atoms. The lowest BCUT2D eigenvalue weighted by atomic mass is 10.0. The smallest absolute Gasteiger partial charge is 0.274 e. The number of amides is 1. The Labute approximate surface area is 225 Å². The van der Waals surface area contributed by atoms with Crippen LogP contribution in [0, 0.1) is 17.0 Å². The molecule has 0 saturated carbocycles. The third-order valence-electron chi connectivity index (χ3n) is 5.92. The van der Waals surface area contributed by atoms with Gasteiger partial charge in [-0.2, -0.15) is 0 Å². The number of aryl methyl sites for hydroxylation is 1. The molecular weight excluding hydrogens is 502 g/mol. The number of para-hydroxylation sites is 1. The van der Waals surface area contributed by atoms with Crippen molar-refractivity contribution in [2.75, 3.05) is 11.1 Å². The first kappa shape index (κ1) is 26.9. The molecule has 9 nitrogen and oxygen atoms in total. The Morgan fingerprint density at radius 1 is 1.05 bits per heavy atom. The highest BCUT2D eigenvalue weighted by Gasteiger charge is 2.22. The monoisotopic (exact) mass is 531 g/mol. The van der Waals surface area contributed by atoms with Crippen LogP contribution in [0.25, 0.3) is 5.69 Å². The topological polar surface area (TPSA) is 112 Å². The summed E-state index contributed by atoms with van der Waals surface area (Å²) in [5.41, 5.74) is 2.92. The molecule has 0 bridgehead atoms. The van der Waals surface area contributed by atoms with Crippen molar-refractivity contribution in [2.24, 2.45) is 0 Å². The highest BCUT2D eigenvalue weighted by atomic mass is 32.2. The number of thioether (sulfide) groups is 1. The number of rotatable bonds is 10. The van der Waals surface area contributed by atoms with Crippen molar-refractivity contribution in [2.45, 2.75) is 44.9 Å². The van der Waals surface area contributed by atoms with Gasteiger partial charge in [-0.05, 0) is 55.7 Å². The quantitative estimate of drug-likeness (QED) is 0.142. The Kier molecular flexibility index (Phi) is 8.42. The van der Waals surface area contributed by atoms with E-state index in [0.717, 1.165) is 11.4 Å². The maximum atomic E-state index is 12.7. The van der Waals surface area contributed by atoms with Crippen molar-refractivity contribution in [3.05, 3.63) is 99.9 Å².